The molecule has 0 aliphatic rings. The highest BCUT2D eigenvalue weighted by Gasteiger charge is 2.16. The van der Waals surface area contributed by atoms with Crippen molar-refractivity contribution >= 4 is 28.6 Å². The van der Waals surface area contributed by atoms with Gasteiger partial charge in [-0.3, -0.25) is 4.79 Å². The molecule has 0 bridgehead atoms. The maximum absolute atomic E-state index is 10.8. The number of thiophene rings is 2. The van der Waals surface area contributed by atoms with Gasteiger partial charge in [-0.25, -0.2) is 0 Å². The topological polar surface area (TPSA) is 63.3 Å². The molecule has 3 nitrogen and oxygen atoms in total. The summed E-state index contributed by atoms with van der Waals surface area (Å²) in [5.74, 6) is -0.949. The van der Waals surface area contributed by atoms with Crippen LogP contribution in [0.4, 0.5) is 0 Å². The molecule has 3 N–H and O–H groups in total. The normalized spacial score (nSPS) is 12.6. The molecule has 2 heterocycles. The minimum absolute atomic E-state index is 0.394. The zero-order valence-electron chi connectivity index (χ0n) is 10.3. The average molecular weight is 281 g/mol. The Labute approximate surface area is 114 Å². The summed E-state index contributed by atoms with van der Waals surface area (Å²) in [6, 6.07) is 3.32. The lowest BCUT2D eigenvalue weighted by Gasteiger charge is -2.02. The van der Waals surface area contributed by atoms with E-state index in [9.17, 15) is 4.79 Å². The molecule has 1 unspecified atom stereocenters. The van der Waals surface area contributed by atoms with Gasteiger partial charge in [-0.1, -0.05) is 0 Å². The number of carboxylic acids is 1. The molecule has 0 radical (unpaired) electrons. The molecule has 5 heteroatoms. The SMILES string of the molecule is Cc1ccsc1-c1sc(CC(N)C(=O)O)cc1C. The van der Waals surface area contributed by atoms with E-state index in [0.29, 0.717) is 6.42 Å². The quantitative estimate of drug-likeness (QED) is 0.905. The fraction of sp³-hybridized carbons (Fsp3) is 0.308. The molecule has 2 aromatic rings. The molecule has 1 atom stereocenters. The predicted molar refractivity (Wildman–Crippen MR) is 76.4 cm³/mol. The third-order valence-electron chi connectivity index (χ3n) is 2.78. The summed E-state index contributed by atoms with van der Waals surface area (Å²) in [7, 11) is 0. The summed E-state index contributed by atoms with van der Waals surface area (Å²) in [5, 5.41) is 10.9. The van der Waals surface area contributed by atoms with Crippen LogP contribution in [0.3, 0.4) is 0 Å². The first-order valence-corrected chi connectivity index (χ1v) is 7.31. The van der Waals surface area contributed by atoms with Crippen molar-refractivity contribution in [1.82, 2.24) is 0 Å². The van der Waals surface area contributed by atoms with Crippen LogP contribution < -0.4 is 5.73 Å². The first-order valence-electron chi connectivity index (χ1n) is 5.61. The first kappa shape index (κ1) is 13.3. The van der Waals surface area contributed by atoms with Crippen molar-refractivity contribution < 1.29 is 9.90 Å². The van der Waals surface area contributed by atoms with Crippen molar-refractivity contribution in [2.45, 2.75) is 26.3 Å². The average Bonchev–Trinajstić information content (AvgIpc) is 2.84. The van der Waals surface area contributed by atoms with Crippen LogP contribution in [0.5, 0.6) is 0 Å². The Morgan fingerprint density at radius 1 is 1.39 bits per heavy atom. The van der Waals surface area contributed by atoms with E-state index < -0.39 is 12.0 Å². The molecule has 18 heavy (non-hydrogen) atoms. The van der Waals surface area contributed by atoms with Gasteiger partial charge in [-0.05, 0) is 42.5 Å². The Bertz CT molecular complexity index is 571. The van der Waals surface area contributed by atoms with Gasteiger partial charge in [0.05, 0.1) is 0 Å². The number of hydrogen-bond donors (Lipinski definition) is 2. The largest absolute Gasteiger partial charge is 0.480 e. The van der Waals surface area contributed by atoms with Gasteiger partial charge in [0.15, 0.2) is 0 Å². The van der Waals surface area contributed by atoms with Gasteiger partial charge < -0.3 is 10.8 Å². The van der Waals surface area contributed by atoms with Crippen molar-refractivity contribution in [3.63, 3.8) is 0 Å². The van der Waals surface area contributed by atoms with Gasteiger partial charge >= 0.3 is 5.97 Å². The van der Waals surface area contributed by atoms with Crippen LogP contribution in [-0.2, 0) is 11.2 Å². The molecular weight excluding hydrogens is 266 g/mol. The van der Waals surface area contributed by atoms with E-state index in [4.69, 9.17) is 10.8 Å². The lowest BCUT2D eigenvalue weighted by atomic mass is 10.1. The van der Waals surface area contributed by atoms with Crippen molar-refractivity contribution in [3.05, 3.63) is 33.5 Å². The smallest absolute Gasteiger partial charge is 0.320 e. The van der Waals surface area contributed by atoms with E-state index in [2.05, 4.69) is 25.3 Å². The molecule has 2 aromatic heterocycles. The van der Waals surface area contributed by atoms with Crippen LogP contribution in [0, 0.1) is 13.8 Å². The number of nitrogens with two attached hydrogens (primary N) is 1. The number of rotatable bonds is 4. The van der Waals surface area contributed by atoms with Crippen LogP contribution in [0.25, 0.3) is 9.75 Å². The Morgan fingerprint density at radius 3 is 2.67 bits per heavy atom. The number of aryl methyl sites for hydroxylation is 2. The predicted octanol–water partition coefficient (Wildman–Crippen LogP) is 3.05. The highest BCUT2D eigenvalue weighted by molar-refractivity contribution is 7.21. The second kappa shape index (κ2) is 5.22. The highest BCUT2D eigenvalue weighted by Crippen LogP contribution is 2.37. The van der Waals surface area contributed by atoms with Gasteiger partial charge in [0, 0.05) is 21.1 Å². The minimum Gasteiger partial charge on any atom is -0.480 e. The summed E-state index contributed by atoms with van der Waals surface area (Å²) in [6.45, 7) is 4.15. The highest BCUT2D eigenvalue weighted by atomic mass is 32.1. The number of hydrogen-bond acceptors (Lipinski definition) is 4. The molecule has 0 fully saturated rings. The third-order valence-corrected chi connectivity index (χ3v) is 5.22. The maximum atomic E-state index is 10.8. The van der Waals surface area contributed by atoms with Crippen molar-refractivity contribution in [3.8, 4) is 9.75 Å². The molecule has 0 saturated heterocycles. The fourth-order valence-electron chi connectivity index (χ4n) is 1.78. The van der Waals surface area contributed by atoms with E-state index in [1.807, 2.05) is 6.07 Å². The van der Waals surface area contributed by atoms with Crippen molar-refractivity contribution in [2.24, 2.45) is 5.73 Å². The summed E-state index contributed by atoms with van der Waals surface area (Å²) < 4.78 is 0. The van der Waals surface area contributed by atoms with Crippen molar-refractivity contribution in [1.29, 1.82) is 0 Å². The van der Waals surface area contributed by atoms with Crippen LogP contribution in [0.2, 0.25) is 0 Å². The van der Waals surface area contributed by atoms with Gasteiger partial charge in [0.1, 0.15) is 6.04 Å². The molecule has 0 saturated carbocycles. The molecule has 96 valence electrons. The second-order valence-electron chi connectivity index (χ2n) is 4.31. The van der Waals surface area contributed by atoms with E-state index in [-0.39, 0.29) is 0 Å². The molecule has 0 aromatic carbocycles. The van der Waals surface area contributed by atoms with Gasteiger partial charge in [0.2, 0.25) is 0 Å². The Kier molecular flexibility index (Phi) is 3.85. The molecule has 0 aliphatic carbocycles. The van der Waals surface area contributed by atoms with E-state index in [1.54, 1.807) is 22.7 Å². The number of carboxylic acid groups (broad SMARTS) is 1. The van der Waals surface area contributed by atoms with Gasteiger partial charge in [0.25, 0.3) is 0 Å². The third kappa shape index (κ3) is 2.63. The first-order chi connectivity index (χ1) is 8.49. The summed E-state index contributed by atoms with van der Waals surface area (Å²) in [6.07, 6.45) is 0.394. The fourth-order valence-corrected chi connectivity index (χ4v) is 4.22. The summed E-state index contributed by atoms with van der Waals surface area (Å²) >= 11 is 3.36. The lowest BCUT2D eigenvalue weighted by molar-refractivity contribution is -0.138. The number of carbonyl (C=O) groups is 1. The lowest BCUT2D eigenvalue weighted by Crippen LogP contribution is -2.31. The molecule has 0 aliphatic heterocycles. The standard InChI is InChI=1S/C13H15NO2S2/c1-7-3-4-17-11(7)12-8(2)5-9(18-12)6-10(14)13(15)16/h3-5,10H,6,14H2,1-2H3,(H,15,16). The van der Waals surface area contributed by atoms with Crippen LogP contribution in [0.1, 0.15) is 16.0 Å². The Balaban J connectivity index is 2.28. The van der Waals surface area contributed by atoms with Crippen molar-refractivity contribution in [2.75, 3.05) is 0 Å². The van der Waals surface area contributed by atoms with Gasteiger partial charge in [-0.2, -0.15) is 0 Å². The maximum Gasteiger partial charge on any atom is 0.320 e. The summed E-state index contributed by atoms with van der Waals surface area (Å²) in [5.41, 5.74) is 8.02. The van der Waals surface area contributed by atoms with Gasteiger partial charge in [-0.15, -0.1) is 22.7 Å². The monoisotopic (exact) mass is 281 g/mol. The zero-order valence-corrected chi connectivity index (χ0v) is 11.9. The summed E-state index contributed by atoms with van der Waals surface area (Å²) in [4.78, 5) is 14.3. The molecular formula is C13H15NO2S2. The molecule has 0 amide bonds. The zero-order chi connectivity index (χ0) is 13.3. The van der Waals surface area contributed by atoms with Crippen LogP contribution >= 0.6 is 22.7 Å². The molecule has 0 spiro atoms. The van der Waals surface area contributed by atoms with E-state index >= 15 is 0 Å². The van der Waals surface area contributed by atoms with Crippen LogP contribution in [-0.4, -0.2) is 17.1 Å². The Hall–Kier alpha value is -1.17. The second-order valence-corrected chi connectivity index (χ2v) is 6.36. The van der Waals surface area contributed by atoms with E-state index in [0.717, 1.165) is 4.88 Å². The van der Waals surface area contributed by atoms with E-state index in [1.165, 1.54) is 20.9 Å². The number of aliphatic carboxylic acids is 1. The Morgan fingerprint density at radius 2 is 2.11 bits per heavy atom. The molecule has 2 rings (SSSR count). The minimum atomic E-state index is -0.949. The van der Waals surface area contributed by atoms with Crippen LogP contribution in [0.15, 0.2) is 17.5 Å².